The van der Waals surface area contributed by atoms with E-state index in [9.17, 15) is 8.42 Å². The van der Waals surface area contributed by atoms with Gasteiger partial charge in [-0.1, -0.05) is 25.4 Å². The van der Waals surface area contributed by atoms with Crippen molar-refractivity contribution in [2.24, 2.45) is 5.92 Å². The normalized spacial score (nSPS) is 17.6. The monoisotopic (exact) mass is 360 g/mol. The van der Waals surface area contributed by atoms with Crippen LogP contribution in [0.1, 0.15) is 20.3 Å². The average molecular weight is 361 g/mol. The Balaban J connectivity index is 2.03. The van der Waals surface area contributed by atoms with Crippen molar-refractivity contribution in [1.82, 2.24) is 9.21 Å². The molecule has 1 heterocycles. The molecule has 130 valence electrons. The number of halogens is 1. The Morgan fingerprint density at radius 3 is 2.39 bits per heavy atom. The maximum Gasteiger partial charge on any atom is 0.243 e. The van der Waals surface area contributed by atoms with Crippen molar-refractivity contribution in [3.05, 3.63) is 23.2 Å². The lowest BCUT2D eigenvalue weighted by Gasteiger charge is -2.34. The smallest absolute Gasteiger partial charge is 0.243 e. The van der Waals surface area contributed by atoms with Gasteiger partial charge in [-0.3, -0.25) is 0 Å². The van der Waals surface area contributed by atoms with Crippen LogP contribution < -0.4 is 4.74 Å². The van der Waals surface area contributed by atoms with E-state index in [1.807, 2.05) is 0 Å². The molecule has 1 aliphatic rings. The van der Waals surface area contributed by atoms with Gasteiger partial charge >= 0.3 is 0 Å². The van der Waals surface area contributed by atoms with E-state index in [2.05, 4.69) is 18.7 Å². The van der Waals surface area contributed by atoms with Crippen LogP contribution in [-0.2, 0) is 10.0 Å². The van der Waals surface area contributed by atoms with Crippen molar-refractivity contribution in [1.29, 1.82) is 0 Å². The largest absolute Gasteiger partial charge is 0.495 e. The molecule has 0 aromatic heterocycles. The minimum Gasteiger partial charge on any atom is -0.495 e. The molecule has 1 aromatic carbocycles. The van der Waals surface area contributed by atoms with Crippen molar-refractivity contribution in [3.63, 3.8) is 0 Å². The highest BCUT2D eigenvalue weighted by atomic mass is 35.5. The summed E-state index contributed by atoms with van der Waals surface area (Å²) in [5.74, 6) is 1.14. The van der Waals surface area contributed by atoms with E-state index in [0.717, 1.165) is 26.1 Å². The second-order valence-corrected chi connectivity index (χ2v) is 8.57. The fourth-order valence-electron chi connectivity index (χ4n) is 2.59. The molecule has 23 heavy (non-hydrogen) atoms. The zero-order chi connectivity index (χ0) is 17.0. The lowest BCUT2D eigenvalue weighted by atomic mass is 10.1. The molecule has 5 nitrogen and oxygen atoms in total. The van der Waals surface area contributed by atoms with E-state index in [-0.39, 0.29) is 4.90 Å². The summed E-state index contributed by atoms with van der Waals surface area (Å²) in [6.45, 7) is 8.02. The first-order valence-corrected chi connectivity index (χ1v) is 9.72. The highest BCUT2D eigenvalue weighted by molar-refractivity contribution is 7.89. The van der Waals surface area contributed by atoms with Crippen LogP contribution in [-0.4, -0.2) is 57.5 Å². The number of rotatable bonds is 6. The SMILES string of the molecule is COc1ccc(S(=O)(=O)N2CCN(CCC(C)C)CC2)cc1Cl. The van der Waals surface area contributed by atoms with Crippen LogP contribution in [0.3, 0.4) is 0 Å². The Morgan fingerprint density at radius 1 is 1.22 bits per heavy atom. The van der Waals surface area contributed by atoms with Crippen molar-refractivity contribution < 1.29 is 13.2 Å². The fraction of sp³-hybridized carbons (Fsp3) is 0.625. The predicted molar refractivity (Wildman–Crippen MR) is 92.7 cm³/mol. The molecule has 0 spiro atoms. The number of nitrogens with zero attached hydrogens (tertiary/aromatic N) is 2. The number of methoxy groups -OCH3 is 1. The Morgan fingerprint density at radius 2 is 1.87 bits per heavy atom. The van der Waals surface area contributed by atoms with Crippen LogP contribution in [0.25, 0.3) is 0 Å². The lowest BCUT2D eigenvalue weighted by Crippen LogP contribution is -2.48. The van der Waals surface area contributed by atoms with Crippen LogP contribution in [0.4, 0.5) is 0 Å². The van der Waals surface area contributed by atoms with Gasteiger partial charge in [-0.2, -0.15) is 4.31 Å². The number of piperazine rings is 1. The quantitative estimate of drug-likeness (QED) is 0.782. The zero-order valence-electron chi connectivity index (χ0n) is 14.0. The molecule has 0 saturated carbocycles. The third-order valence-electron chi connectivity index (χ3n) is 4.11. The topological polar surface area (TPSA) is 49.9 Å². The summed E-state index contributed by atoms with van der Waals surface area (Å²) in [6.07, 6.45) is 1.14. The van der Waals surface area contributed by atoms with Crippen LogP contribution in [0, 0.1) is 5.92 Å². The van der Waals surface area contributed by atoms with Crippen LogP contribution in [0.15, 0.2) is 23.1 Å². The molecule has 2 rings (SSSR count). The van der Waals surface area contributed by atoms with Gasteiger partial charge in [0.05, 0.1) is 17.0 Å². The molecule has 0 aliphatic carbocycles. The number of benzene rings is 1. The first kappa shape index (κ1) is 18.5. The molecule has 1 saturated heterocycles. The second kappa shape index (κ2) is 7.83. The summed E-state index contributed by atoms with van der Waals surface area (Å²) in [6, 6.07) is 4.60. The highest BCUT2D eigenvalue weighted by Crippen LogP contribution is 2.28. The Hall–Kier alpha value is -0.820. The minimum atomic E-state index is -3.50. The third kappa shape index (κ3) is 4.59. The number of ether oxygens (including phenoxy) is 1. The first-order chi connectivity index (χ1) is 10.8. The van der Waals surface area contributed by atoms with Crippen molar-refractivity contribution in [2.45, 2.75) is 25.2 Å². The molecule has 0 atom stereocenters. The molecule has 0 amide bonds. The maximum absolute atomic E-state index is 12.7. The minimum absolute atomic E-state index is 0.221. The number of sulfonamides is 1. The third-order valence-corrected chi connectivity index (χ3v) is 6.30. The van der Waals surface area contributed by atoms with Crippen LogP contribution in [0.2, 0.25) is 5.02 Å². The molecular formula is C16H25ClN2O3S. The highest BCUT2D eigenvalue weighted by Gasteiger charge is 2.28. The summed E-state index contributed by atoms with van der Waals surface area (Å²) in [4.78, 5) is 2.55. The molecule has 0 bridgehead atoms. The Bertz CT molecular complexity index is 626. The molecule has 1 fully saturated rings. The van der Waals surface area contributed by atoms with Gasteiger partial charge in [-0.15, -0.1) is 0 Å². The second-order valence-electron chi connectivity index (χ2n) is 6.22. The first-order valence-electron chi connectivity index (χ1n) is 7.90. The molecule has 1 aromatic rings. The standard InChI is InChI=1S/C16H25ClN2O3S/c1-13(2)6-7-18-8-10-19(11-9-18)23(20,21)14-4-5-16(22-3)15(17)12-14/h4-5,12-13H,6-11H2,1-3H3. The van der Waals surface area contributed by atoms with Gasteiger partial charge < -0.3 is 9.64 Å². The molecule has 7 heteroatoms. The van der Waals surface area contributed by atoms with E-state index in [0.29, 0.717) is 29.8 Å². The predicted octanol–water partition coefficient (Wildman–Crippen LogP) is 2.70. The van der Waals surface area contributed by atoms with Crippen molar-refractivity contribution in [3.8, 4) is 5.75 Å². The van der Waals surface area contributed by atoms with Gasteiger partial charge in [-0.05, 0) is 37.1 Å². The molecule has 0 N–H and O–H groups in total. The number of hydrogen-bond donors (Lipinski definition) is 0. The molecule has 1 aliphatic heterocycles. The van der Waals surface area contributed by atoms with E-state index >= 15 is 0 Å². The van der Waals surface area contributed by atoms with Crippen LogP contribution in [0.5, 0.6) is 5.75 Å². The van der Waals surface area contributed by atoms with Gasteiger partial charge in [0.15, 0.2) is 0 Å². The van der Waals surface area contributed by atoms with E-state index in [1.165, 1.54) is 17.5 Å². The Kier molecular flexibility index (Phi) is 6.31. The average Bonchev–Trinajstić information content (AvgIpc) is 2.53. The van der Waals surface area contributed by atoms with Gasteiger partial charge in [0.2, 0.25) is 10.0 Å². The van der Waals surface area contributed by atoms with E-state index in [4.69, 9.17) is 16.3 Å². The fourth-order valence-corrected chi connectivity index (χ4v) is 4.36. The van der Waals surface area contributed by atoms with E-state index < -0.39 is 10.0 Å². The summed E-state index contributed by atoms with van der Waals surface area (Å²) in [5.41, 5.74) is 0. The van der Waals surface area contributed by atoms with Crippen molar-refractivity contribution in [2.75, 3.05) is 39.8 Å². The van der Waals surface area contributed by atoms with Crippen molar-refractivity contribution >= 4 is 21.6 Å². The van der Waals surface area contributed by atoms with Gasteiger partial charge in [0, 0.05) is 26.2 Å². The summed E-state index contributed by atoms with van der Waals surface area (Å²) in [7, 11) is -1.99. The van der Waals surface area contributed by atoms with Gasteiger partial charge in [-0.25, -0.2) is 8.42 Å². The summed E-state index contributed by atoms with van der Waals surface area (Å²) in [5, 5.41) is 0.309. The van der Waals surface area contributed by atoms with E-state index in [1.54, 1.807) is 12.1 Å². The maximum atomic E-state index is 12.7. The summed E-state index contributed by atoms with van der Waals surface area (Å²) >= 11 is 6.05. The Labute approximate surface area is 144 Å². The zero-order valence-corrected chi connectivity index (χ0v) is 15.5. The lowest BCUT2D eigenvalue weighted by molar-refractivity contribution is 0.180. The summed E-state index contributed by atoms with van der Waals surface area (Å²) < 4.78 is 32.0. The number of hydrogen-bond acceptors (Lipinski definition) is 4. The molecule has 0 unspecified atom stereocenters. The molecule has 0 radical (unpaired) electrons. The molecular weight excluding hydrogens is 336 g/mol. The van der Waals surface area contributed by atoms with Gasteiger partial charge in [0.25, 0.3) is 0 Å². The van der Waals surface area contributed by atoms with Crippen LogP contribution >= 0.6 is 11.6 Å². The van der Waals surface area contributed by atoms with Gasteiger partial charge in [0.1, 0.15) is 5.75 Å².